The molecule has 0 atom stereocenters. The largest absolute Gasteiger partial charge is 0.447 e. The molecule has 1 fully saturated rings. The van der Waals surface area contributed by atoms with Crippen LogP contribution in [-0.4, -0.2) is 59.4 Å². The highest BCUT2D eigenvalue weighted by Crippen LogP contribution is 2.27. The van der Waals surface area contributed by atoms with Crippen LogP contribution in [0.15, 0.2) is 24.3 Å². The van der Waals surface area contributed by atoms with Crippen LogP contribution in [0.3, 0.4) is 0 Å². The van der Waals surface area contributed by atoms with Gasteiger partial charge in [-0.25, -0.2) is 4.79 Å². The van der Waals surface area contributed by atoms with Crippen LogP contribution in [0.2, 0.25) is 0 Å². The smallest absolute Gasteiger partial charge is 0.414 e. The Hall–Kier alpha value is -3.40. The fourth-order valence-corrected chi connectivity index (χ4v) is 3.48. The summed E-state index contributed by atoms with van der Waals surface area (Å²) < 4.78 is 10.1. The summed E-state index contributed by atoms with van der Waals surface area (Å²) in [5, 5.41) is 9.87. The Morgan fingerprint density at radius 1 is 1.27 bits per heavy atom. The van der Waals surface area contributed by atoms with E-state index in [1.165, 1.54) is 0 Å². The highest BCUT2D eigenvalue weighted by atomic mass is 16.6. The number of cyclic esters (lactones) is 1. The highest BCUT2D eigenvalue weighted by Gasteiger charge is 2.29. The van der Waals surface area contributed by atoms with Crippen LogP contribution < -0.4 is 10.2 Å². The molecule has 2 aliphatic rings. The minimum Gasteiger partial charge on any atom is -0.447 e. The van der Waals surface area contributed by atoms with Crippen molar-refractivity contribution in [1.82, 2.24) is 15.1 Å². The maximum atomic E-state index is 12.5. The molecule has 158 valence electrons. The molecule has 0 spiro atoms. The van der Waals surface area contributed by atoms with Crippen molar-refractivity contribution in [2.24, 2.45) is 0 Å². The van der Waals surface area contributed by atoms with E-state index in [4.69, 9.17) is 9.47 Å². The normalized spacial score (nSPS) is 15.3. The van der Waals surface area contributed by atoms with E-state index in [-0.39, 0.29) is 30.9 Å². The number of nitrogens with zero attached hydrogens (tertiary/aromatic N) is 3. The number of fused-ring (bicyclic) bond motifs is 1. The number of benzene rings is 1. The van der Waals surface area contributed by atoms with Crippen molar-refractivity contribution in [3.05, 3.63) is 41.1 Å². The Morgan fingerprint density at radius 2 is 2.07 bits per heavy atom. The number of ether oxygens (including phenoxy) is 2. The SMILES string of the molecule is CCOCC(=O)N1Cc2[nH]nc(NC(=O)Cc3ccc(N4CCOC4=O)cc3)c2C1. The summed E-state index contributed by atoms with van der Waals surface area (Å²) in [5.41, 5.74) is 3.18. The molecule has 1 aromatic carbocycles. The lowest BCUT2D eigenvalue weighted by Crippen LogP contribution is -2.29. The van der Waals surface area contributed by atoms with Crippen LogP contribution >= 0.6 is 0 Å². The molecule has 0 saturated carbocycles. The van der Waals surface area contributed by atoms with Gasteiger partial charge < -0.3 is 19.7 Å². The van der Waals surface area contributed by atoms with Gasteiger partial charge in [0.15, 0.2) is 5.82 Å². The van der Waals surface area contributed by atoms with Crippen LogP contribution in [0.1, 0.15) is 23.7 Å². The van der Waals surface area contributed by atoms with E-state index < -0.39 is 0 Å². The molecule has 0 radical (unpaired) electrons. The maximum Gasteiger partial charge on any atom is 0.414 e. The fraction of sp³-hybridized carbons (Fsp3) is 0.400. The van der Waals surface area contributed by atoms with Gasteiger partial charge in [-0.3, -0.25) is 19.6 Å². The fourth-order valence-electron chi connectivity index (χ4n) is 3.48. The van der Waals surface area contributed by atoms with Gasteiger partial charge in [0.25, 0.3) is 0 Å². The third-order valence-electron chi connectivity index (χ3n) is 5.06. The number of rotatable bonds is 7. The molecule has 0 aliphatic carbocycles. The van der Waals surface area contributed by atoms with Crippen LogP contribution in [-0.2, 0) is 38.6 Å². The van der Waals surface area contributed by atoms with Crippen molar-refractivity contribution >= 4 is 29.4 Å². The molecule has 0 bridgehead atoms. The number of nitrogens with one attached hydrogen (secondary N) is 2. The number of hydrogen-bond acceptors (Lipinski definition) is 6. The van der Waals surface area contributed by atoms with Gasteiger partial charge in [-0.2, -0.15) is 5.10 Å². The molecule has 30 heavy (non-hydrogen) atoms. The Bertz CT molecular complexity index is 955. The molecule has 2 aromatic rings. The number of hydrogen-bond donors (Lipinski definition) is 2. The van der Waals surface area contributed by atoms with E-state index in [2.05, 4.69) is 15.5 Å². The van der Waals surface area contributed by atoms with Crippen LogP contribution in [0.25, 0.3) is 0 Å². The van der Waals surface area contributed by atoms with Crippen molar-refractivity contribution in [1.29, 1.82) is 0 Å². The van der Waals surface area contributed by atoms with E-state index in [0.29, 0.717) is 38.7 Å². The van der Waals surface area contributed by atoms with Gasteiger partial charge in [-0.15, -0.1) is 0 Å². The summed E-state index contributed by atoms with van der Waals surface area (Å²) in [5.74, 6) is 0.135. The lowest BCUT2D eigenvalue weighted by Gasteiger charge is -2.15. The zero-order chi connectivity index (χ0) is 21.1. The van der Waals surface area contributed by atoms with Crippen LogP contribution in [0.4, 0.5) is 16.3 Å². The number of amides is 3. The third-order valence-corrected chi connectivity index (χ3v) is 5.06. The summed E-state index contributed by atoms with van der Waals surface area (Å²) >= 11 is 0. The van der Waals surface area contributed by atoms with Crippen LogP contribution in [0.5, 0.6) is 0 Å². The minimum atomic E-state index is -0.360. The monoisotopic (exact) mass is 413 g/mol. The number of carbonyl (C=O) groups excluding carboxylic acids is 3. The second kappa shape index (κ2) is 8.54. The summed E-state index contributed by atoms with van der Waals surface area (Å²) in [6.07, 6.45) is -0.194. The molecule has 1 saturated heterocycles. The van der Waals surface area contributed by atoms with Crippen molar-refractivity contribution in [2.75, 3.05) is 36.6 Å². The molecule has 2 N–H and O–H groups in total. The van der Waals surface area contributed by atoms with Gasteiger partial charge in [0.1, 0.15) is 13.2 Å². The highest BCUT2D eigenvalue weighted by molar-refractivity contribution is 5.93. The van der Waals surface area contributed by atoms with Crippen molar-refractivity contribution in [3.63, 3.8) is 0 Å². The number of carbonyl (C=O) groups is 3. The zero-order valence-electron chi connectivity index (χ0n) is 16.6. The average Bonchev–Trinajstić information content (AvgIpc) is 3.44. The summed E-state index contributed by atoms with van der Waals surface area (Å²) in [6, 6.07) is 7.21. The first kappa shape index (κ1) is 19.9. The number of aromatic amines is 1. The van der Waals surface area contributed by atoms with Gasteiger partial charge >= 0.3 is 6.09 Å². The second-order valence-electron chi connectivity index (χ2n) is 7.07. The number of H-pyrrole nitrogens is 1. The Balaban J connectivity index is 1.34. The Labute approximate surface area is 173 Å². The Kier molecular flexibility index (Phi) is 5.66. The second-order valence-corrected chi connectivity index (χ2v) is 7.07. The first-order chi connectivity index (χ1) is 14.5. The predicted octanol–water partition coefficient (Wildman–Crippen LogP) is 1.43. The number of aromatic nitrogens is 2. The molecule has 10 heteroatoms. The van der Waals surface area contributed by atoms with E-state index in [9.17, 15) is 14.4 Å². The van der Waals surface area contributed by atoms with Gasteiger partial charge in [-0.1, -0.05) is 12.1 Å². The van der Waals surface area contributed by atoms with E-state index in [0.717, 1.165) is 22.5 Å². The van der Waals surface area contributed by atoms with Crippen molar-refractivity contribution < 1.29 is 23.9 Å². The zero-order valence-corrected chi connectivity index (χ0v) is 16.6. The molecule has 2 aliphatic heterocycles. The molecule has 3 heterocycles. The van der Waals surface area contributed by atoms with Crippen LogP contribution in [0, 0.1) is 0 Å². The average molecular weight is 413 g/mol. The quantitative estimate of drug-likeness (QED) is 0.709. The van der Waals surface area contributed by atoms with Gasteiger partial charge in [0.2, 0.25) is 11.8 Å². The predicted molar refractivity (Wildman–Crippen MR) is 107 cm³/mol. The topological polar surface area (TPSA) is 117 Å². The molecule has 3 amide bonds. The minimum absolute atomic E-state index is 0.0427. The van der Waals surface area contributed by atoms with Crippen molar-refractivity contribution in [2.45, 2.75) is 26.4 Å². The lowest BCUT2D eigenvalue weighted by molar-refractivity contribution is -0.136. The maximum absolute atomic E-state index is 12.5. The molecular formula is C20H23N5O5. The van der Waals surface area contributed by atoms with Gasteiger partial charge in [0.05, 0.1) is 31.7 Å². The van der Waals surface area contributed by atoms with E-state index >= 15 is 0 Å². The van der Waals surface area contributed by atoms with Gasteiger partial charge in [-0.05, 0) is 24.6 Å². The van der Waals surface area contributed by atoms with E-state index in [1.54, 1.807) is 21.9 Å². The first-order valence-corrected chi connectivity index (χ1v) is 9.80. The molecule has 10 nitrogen and oxygen atoms in total. The first-order valence-electron chi connectivity index (χ1n) is 9.80. The molecule has 4 rings (SSSR count). The summed E-state index contributed by atoms with van der Waals surface area (Å²) in [6.45, 7) is 4.07. The van der Waals surface area contributed by atoms with Crippen molar-refractivity contribution in [3.8, 4) is 0 Å². The summed E-state index contributed by atoms with van der Waals surface area (Å²) in [7, 11) is 0. The third kappa shape index (κ3) is 4.13. The molecule has 0 unspecified atom stereocenters. The number of anilines is 2. The summed E-state index contributed by atoms with van der Waals surface area (Å²) in [4.78, 5) is 39.5. The van der Waals surface area contributed by atoms with Gasteiger partial charge in [0, 0.05) is 17.9 Å². The standard InChI is InChI=1S/C20H23N5O5/c1-2-29-12-18(27)24-10-15-16(11-24)22-23-19(15)21-17(26)9-13-3-5-14(6-4-13)25-7-8-30-20(25)28/h3-6H,2,7-12H2,1H3,(H2,21,22,23,26). The van der Waals surface area contributed by atoms with E-state index in [1.807, 2.05) is 19.1 Å². The molecule has 1 aromatic heterocycles. The molecular weight excluding hydrogens is 390 g/mol. The lowest BCUT2D eigenvalue weighted by atomic mass is 10.1. The Morgan fingerprint density at radius 3 is 2.77 bits per heavy atom.